The summed E-state index contributed by atoms with van der Waals surface area (Å²) in [5.74, 6) is -0.867. The van der Waals surface area contributed by atoms with Gasteiger partial charge in [0.1, 0.15) is 16.6 Å². The third-order valence-corrected chi connectivity index (χ3v) is 5.21. The number of carboxylic acid groups (broad SMARTS) is 1. The normalized spacial score (nSPS) is 16.3. The highest BCUT2D eigenvalue weighted by atomic mass is 35.5. The number of hydrazone groups is 1. The number of aromatic nitrogens is 1. The molecular weight excluding hydrogens is 394 g/mol. The van der Waals surface area contributed by atoms with E-state index < -0.39 is 12.0 Å². The second kappa shape index (κ2) is 7.67. The van der Waals surface area contributed by atoms with Gasteiger partial charge in [0.15, 0.2) is 0 Å². The van der Waals surface area contributed by atoms with E-state index in [2.05, 4.69) is 10.1 Å². The predicted octanol–water partition coefficient (Wildman–Crippen LogP) is 4.33. The number of nitrogens with zero attached hydrogens (tertiary/aromatic N) is 3. The van der Waals surface area contributed by atoms with Gasteiger partial charge in [0.25, 0.3) is 0 Å². The first-order chi connectivity index (χ1) is 13.9. The number of carboxylic acids is 1. The molecule has 1 aromatic carbocycles. The van der Waals surface area contributed by atoms with E-state index in [1.807, 2.05) is 31.2 Å². The van der Waals surface area contributed by atoms with Crippen LogP contribution in [0.1, 0.15) is 42.2 Å². The van der Waals surface area contributed by atoms with Crippen molar-refractivity contribution in [2.75, 3.05) is 0 Å². The number of amides is 1. The Hall–Kier alpha value is -3.19. The summed E-state index contributed by atoms with van der Waals surface area (Å²) >= 11 is 6.51. The Morgan fingerprint density at radius 1 is 1.28 bits per heavy atom. The fourth-order valence-corrected chi connectivity index (χ4v) is 3.74. The number of aryl methyl sites for hydroxylation is 1. The molecule has 0 saturated heterocycles. The third-order valence-electron chi connectivity index (χ3n) is 4.91. The van der Waals surface area contributed by atoms with Crippen molar-refractivity contribution in [3.8, 4) is 0 Å². The van der Waals surface area contributed by atoms with Crippen LogP contribution in [0.15, 0.2) is 52.2 Å². The van der Waals surface area contributed by atoms with Crippen LogP contribution in [-0.2, 0) is 9.59 Å². The highest BCUT2D eigenvalue weighted by Gasteiger charge is 2.35. The maximum absolute atomic E-state index is 12.7. The largest absolute Gasteiger partial charge is 0.481 e. The Morgan fingerprint density at radius 3 is 2.83 bits per heavy atom. The minimum Gasteiger partial charge on any atom is -0.481 e. The average molecular weight is 412 g/mol. The molecule has 1 aliphatic heterocycles. The SMILES string of the molecule is Cc1cccc2cc([C@@H]3CC(c4ccco4)=NN3C(=O)CCC(=O)O)c(Cl)nc12. The zero-order chi connectivity index (χ0) is 20.5. The summed E-state index contributed by atoms with van der Waals surface area (Å²) in [5, 5.41) is 15.9. The number of hydrogen-bond donors (Lipinski definition) is 1. The van der Waals surface area contributed by atoms with Gasteiger partial charge in [-0.25, -0.2) is 9.99 Å². The smallest absolute Gasteiger partial charge is 0.303 e. The molecule has 4 rings (SSSR count). The number of aliphatic carboxylic acids is 1. The first kappa shape index (κ1) is 19.1. The van der Waals surface area contributed by atoms with Crippen LogP contribution in [0.25, 0.3) is 10.9 Å². The highest BCUT2D eigenvalue weighted by molar-refractivity contribution is 6.30. The fourth-order valence-electron chi connectivity index (χ4n) is 3.48. The number of hydrogen-bond acceptors (Lipinski definition) is 5. The molecule has 3 heterocycles. The molecule has 0 saturated carbocycles. The number of carbonyl (C=O) groups is 2. The lowest BCUT2D eigenvalue weighted by atomic mass is 9.99. The van der Waals surface area contributed by atoms with E-state index in [1.165, 1.54) is 11.3 Å². The van der Waals surface area contributed by atoms with E-state index in [-0.39, 0.29) is 18.7 Å². The van der Waals surface area contributed by atoms with Crippen molar-refractivity contribution in [2.24, 2.45) is 5.10 Å². The Morgan fingerprint density at radius 2 is 2.10 bits per heavy atom. The van der Waals surface area contributed by atoms with E-state index in [0.717, 1.165) is 16.5 Å². The van der Waals surface area contributed by atoms with Crippen LogP contribution in [0.5, 0.6) is 0 Å². The fraction of sp³-hybridized carbons (Fsp3) is 0.238. The summed E-state index contributed by atoms with van der Waals surface area (Å²) in [6.07, 6.45) is 1.51. The zero-order valence-corrected chi connectivity index (χ0v) is 16.4. The summed E-state index contributed by atoms with van der Waals surface area (Å²) < 4.78 is 5.43. The first-order valence-corrected chi connectivity index (χ1v) is 9.53. The molecule has 148 valence electrons. The van der Waals surface area contributed by atoms with Gasteiger partial charge in [0.2, 0.25) is 5.91 Å². The molecule has 0 fully saturated rings. The van der Waals surface area contributed by atoms with E-state index in [1.54, 1.807) is 12.1 Å². The predicted molar refractivity (Wildman–Crippen MR) is 108 cm³/mol. The van der Waals surface area contributed by atoms with Crippen LogP contribution in [0, 0.1) is 6.92 Å². The van der Waals surface area contributed by atoms with Crippen LogP contribution >= 0.6 is 11.6 Å². The Labute approximate surface area is 171 Å². The lowest BCUT2D eigenvalue weighted by Crippen LogP contribution is -2.27. The number of benzene rings is 1. The number of pyridine rings is 1. The minimum absolute atomic E-state index is 0.154. The van der Waals surface area contributed by atoms with Crippen LogP contribution in [-0.4, -0.2) is 32.7 Å². The molecule has 1 amide bonds. The lowest BCUT2D eigenvalue weighted by Gasteiger charge is -2.23. The van der Waals surface area contributed by atoms with Crippen LogP contribution in [0.3, 0.4) is 0 Å². The number of furan rings is 1. The standard InChI is InChI=1S/C21H18ClN3O4/c1-12-4-2-5-13-10-14(21(22)23-20(12)13)16-11-15(17-6-3-9-29-17)24-25(16)18(26)7-8-19(27)28/h2-6,9-10,16H,7-8,11H2,1H3,(H,27,28)/t16-/m0/s1. The van der Waals surface area contributed by atoms with Gasteiger partial charge in [-0.05, 0) is 30.7 Å². The van der Waals surface area contributed by atoms with E-state index in [9.17, 15) is 9.59 Å². The summed E-state index contributed by atoms with van der Waals surface area (Å²) in [6, 6.07) is 10.8. The minimum atomic E-state index is -1.04. The molecule has 0 bridgehead atoms. The summed E-state index contributed by atoms with van der Waals surface area (Å²) in [4.78, 5) is 28.2. The summed E-state index contributed by atoms with van der Waals surface area (Å²) in [6.45, 7) is 1.96. The second-order valence-corrected chi connectivity index (χ2v) is 7.25. The summed E-state index contributed by atoms with van der Waals surface area (Å²) in [5.41, 5.74) is 3.07. The van der Waals surface area contributed by atoms with Crippen molar-refractivity contribution in [2.45, 2.75) is 32.2 Å². The van der Waals surface area contributed by atoms with Crippen molar-refractivity contribution in [1.82, 2.24) is 9.99 Å². The van der Waals surface area contributed by atoms with Gasteiger partial charge in [-0.15, -0.1) is 0 Å². The van der Waals surface area contributed by atoms with Crippen molar-refractivity contribution in [3.63, 3.8) is 0 Å². The third kappa shape index (κ3) is 3.73. The van der Waals surface area contributed by atoms with Gasteiger partial charge in [-0.1, -0.05) is 29.8 Å². The molecule has 0 spiro atoms. The van der Waals surface area contributed by atoms with Gasteiger partial charge < -0.3 is 9.52 Å². The molecule has 1 N–H and O–H groups in total. The Balaban J connectivity index is 1.74. The van der Waals surface area contributed by atoms with Crippen LogP contribution in [0.2, 0.25) is 5.15 Å². The molecule has 29 heavy (non-hydrogen) atoms. The van der Waals surface area contributed by atoms with Crippen LogP contribution in [0.4, 0.5) is 0 Å². The summed E-state index contributed by atoms with van der Waals surface area (Å²) in [7, 11) is 0. The molecule has 8 heteroatoms. The second-order valence-electron chi connectivity index (χ2n) is 6.89. The zero-order valence-electron chi connectivity index (χ0n) is 15.6. The molecule has 0 unspecified atom stereocenters. The average Bonchev–Trinajstić information content (AvgIpc) is 3.36. The highest BCUT2D eigenvalue weighted by Crippen LogP contribution is 2.38. The van der Waals surface area contributed by atoms with E-state index in [4.69, 9.17) is 21.1 Å². The van der Waals surface area contributed by atoms with Gasteiger partial charge in [0.05, 0.1) is 24.2 Å². The van der Waals surface area contributed by atoms with E-state index >= 15 is 0 Å². The van der Waals surface area contributed by atoms with Crippen molar-refractivity contribution < 1.29 is 19.1 Å². The topological polar surface area (TPSA) is 96.0 Å². The number of halogens is 1. The molecule has 1 atom stereocenters. The monoisotopic (exact) mass is 411 g/mol. The number of para-hydroxylation sites is 1. The van der Waals surface area contributed by atoms with Gasteiger partial charge in [-0.3, -0.25) is 9.59 Å². The van der Waals surface area contributed by atoms with Gasteiger partial charge in [-0.2, -0.15) is 5.10 Å². The molecule has 1 aliphatic rings. The molecule has 3 aromatic rings. The Bertz CT molecular complexity index is 1120. The van der Waals surface area contributed by atoms with Crippen molar-refractivity contribution in [3.05, 3.63) is 64.7 Å². The van der Waals surface area contributed by atoms with Gasteiger partial charge >= 0.3 is 5.97 Å². The van der Waals surface area contributed by atoms with E-state index in [0.29, 0.717) is 28.6 Å². The maximum atomic E-state index is 12.7. The van der Waals surface area contributed by atoms with Crippen molar-refractivity contribution >= 4 is 40.1 Å². The maximum Gasteiger partial charge on any atom is 0.303 e. The molecule has 2 aromatic heterocycles. The molecular formula is C21H18ClN3O4. The van der Waals surface area contributed by atoms with Crippen molar-refractivity contribution in [1.29, 1.82) is 0 Å². The Kier molecular flexibility index (Phi) is 5.07. The van der Waals surface area contributed by atoms with Crippen LogP contribution < -0.4 is 0 Å². The quantitative estimate of drug-likeness (QED) is 0.630. The molecule has 0 aliphatic carbocycles. The lowest BCUT2D eigenvalue weighted by molar-refractivity contribution is -0.141. The molecule has 7 nitrogen and oxygen atoms in total. The number of fused-ring (bicyclic) bond motifs is 1. The first-order valence-electron chi connectivity index (χ1n) is 9.15. The van der Waals surface area contributed by atoms with Gasteiger partial charge in [0, 0.05) is 23.8 Å². The molecule has 0 radical (unpaired) electrons. The number of rotatable bonds is 5. The number of carbonyl (C=O) groups excluding carboxylic acids is 1.